The first kappa shape index (κ1) is 14.2. The molecule has 0 amide bonds. The van der Waals surface area contributed by atoms with Crippen LogP contribution in [0.5, 0.6) is 0 Å². The zero-order valence-corrected chi connectivity index (χ0v) is 10.1. The zero-order valence-electron chi connectivity index (χ0n) is 8.55. The van der Waals surface area contributed by atoms with Gasteiger partial charge in [-0.1, -0.05) is 6.07 Å². The van der Waals surface area contributed by atoms with Crippen LogP contribution >= 0.6 is 23.4 Å². The third-order valence-electron chi connectivity index (χ3n) is 1.92. The molecule has 0 radical (unpaired) electrons. The molecular weight excluding hydrogens is 275 g/mol. The molecule has 1 aromatic carbocycles. The Bertz CT molecular complexity index is 423. The van der Waals surface area contributed by atoms with Crippen molar-refractivity contribution in [1.82, 2.24) is 0 Å². The van der Waals surface area contributed by atoms with Gasteiger partial charge in [0, 0.05) is 17.0 Å². The lowest BCUT2D eigenvalue weighted by Gasteiger charge is -2.12. The lowest BCUT2D eigenvalue weighted by atomic mass is 10.1. The molecule has 2 N–H and O–H groups in total. The van der Waals surface area contributed by atoms with Gasteiger partial charge in [-0.05, 0) is 29.5 Å². The summed E-state index contributed by atoms with van der Waals surface area (Å²) < 4.78 is 36.9. The summed E-state index contributed by atoms with van der Waals surface area (Å²) in [4.78, 5) is 11.1. The second-order valence-electron chi connectivity index (χ2n) is 3.22. The van der Waals surface area contributed by atoms with Crippen LogP contribution in [0.1, 0.15) is 5.56 Å². The largest absolute Gasteiger partial charge is 0.446 e. The predicted octanol–water partition coefficient (Wildman–Crippen LogP) is 3.23. The van der Waals surface area contributed by atoms with E-state index in [1.807, 2.05) is 0 Å². The van der Waals surface area contributed by atoms with Gasteiger partial charge in [-0.3, -0.25) is 4.79 Å². The standard InChI is InChI=1S/C10H9ClF3NOS/c11-5-6(16)4-7-8(15)2-1-3-9(7)17-10(12,13)14/h1-3H,4-5,15H2. The van der Waals surface area contributed by atoms with Gasteiger partial charge in [0.15, 0.2) is 5.78 Å². The molecule has 0 heterocycles. The van der Waals surface area contributed by atoms with Crippen molar-refractivity contribution in [1.29, 1.82) is 0 Å². The van der Waals surface area contributed by atoms with Crippen molar-refractivity contribution >= 4 is 34.8 Å². The Kier molecular flexibility index (Phi) is 4.70. The van der Waals surface area contributed by atoms with E-state index in [0.717, 1.165) is 0 Å². The number of nitrogen functional groups attached to an aromatic ring is 1. The Balaban J connectivity index is 3.04. The van der Waals surface area contributed by atoms with Crippen molar-refractivity contribution in [2.75, 3.05) is 11.6 Å². The maximum Gasteiger partial charge on any atom is 0.446 e. The fraction of sp³-hybridized carbons (Fsp3) is 0.300. The van der Waals surface area contributed by atoms with Crippen LogP contribution in [-0.2, 0) is 11.2 Å². The van der Waals surface area contributed by atoms with Crippen LogP contribution < -0.4 is 5.73 Å². The van der Waals surface area contributed by atoms with Crippen LogP contribution in [0.3, 0.4) is 0 Å². The summed E-state index contributed by atoms with van der Waals surface area (Å²) >= 11 is 5.04. The van der Waals surface area contributed by atoms with E-state index in [1.54, 1.807) is 0 Å². The second-order valence-corrected chi connectivity index (χ2v) is 4.59. The number of halogens is 4. The highest BCUT2D eigenvalue weighted by molar-refractivity contribution is 8.00. The number of Topliss-reactive ketones (excluding diaryl/α,β-unsaturated/α-hetero) is 1. The molecule has 94 valence electrons. The summed E-state index contributed by atoms with van der Waals surface area (Å²) in [6, 6.07) is 4.15. The Labute approximate surface area is 105 Å². The van der Waals surface area contributed by atoms with Crippen LogP contribution in [0.2, 0.25) is 0 Å². The van der Waals surface area contributed by atoms with Gasteiger partial charge >= 0.3 is 5.51 Å². The number of hydrogen-bond acceptors (Lipinski definition) is 3. The molecule has 2 nitrogen and oxygen atoms in total. The van der Waals surface area contributed by atoms with Gasteiger partial charge in [0.1, 0.15) is 0 Å². The van der Waals surface area contributed by atoms with Gasteiger partial charge in [-0.15, -0.1) is 11.6 Å². The minimum absolute atomic E-state index is 0.0593. The SMILES string of the molecule is Nc1cccc(SC(F)(F)F)c1CC(=O)CCl. The van der Waals surface area contributed by atoms with E-state index in [-0.39, 0.29) is 46.0 Å². The van der Waals surface area contributed by atoms with Gasteiger partial charge in [0.25, 0.3) is 0 Å². The predicted molar refractivity (Wildman–Crippen MR) is 62.2 cm³/mol. The van der Waals surface area contributed by atoms with E-state index in [2.05, 4.69) is 0 Å². The summed E-state index contributed by atoms with van der Waals surface area (Å²) in [5.41, 5.74) is 1.50. The molecular formula is C10H9ClF3NOS. The average Bonchev–Trinajstić information content (AvgIpc) is 2.20. The number of carbonyl (C=O) groups is 1. The third kappa shape index (κ3) is 4.47. The smallest absolute Gasteiger partial charge is 0.398 e. The van der Waals surface area contributed by atoms with Crippen molar-refractivity contribution in [2.24, 2.45) is 0 Å². The number of alkyl halides is 4. The fourth-order valence-electron chi connectivity index (χ4n) is 1.24. The van der Waals surface area contributed by atoms with Gasteiger partial charge in [0.05, 0.1) is 5.88 Å². The molecule has 0 aliphatic carbocycles. The molecule has 0 aromatic heterocycles. The lowest BCUT2D eigenvalue weighted by Crippen LogP contribution is -2.09. The monoisotopic (exact) mass is 283 g/mol. The third-order valence-corrected chi connectivity index (χ3v) is 3.05. The highest BCUT2D eigenvalue weighted by Gasteiger charge is 2.30. The summed E-state index contributed by atoms with van der Waals surface area (Å²) in [5.74, 6) is -0.613. The minimum atomic E-state index is -4.41. The van der Waals surface area contributed by atoms with Crippen molar-refractivity contribution in [3.05, 3.63) is 23.8 Å². The topological polar surface area (TPSA) is 43.1 Å². The number of ketones is 1. The first-order chi connectivity index (χ1) is 7.83. The van der Waals surface area contributed by atoms with Crippen molar-refractivity contribution in [3.63, 3.8) is 0 Å². The molecule has 0 atom stereocenters. The molecule has 1 rings (SSSR count). The van der Waals surface area contributed by atoms with Crippen molar-refractivity contribution in [2.45, 2.75) is 16.8 Å². The average molecular weight is 284 g/mol. The Hall–Kier alpha value is -0.880. The van der Waals surface area contributed by atoms with Crippen LogP contribution in [0, 0.1) is 0 Å². The first-order valence-corrected chi connectivity index (χ1v) is 5.89. The molecule has 17 heavy (non-hydrogen) atoms. The number of benzene rings is 1. The molecule has 1 aromatic rings. The van der Waals surface area contributed by atoms with E-state index in [0.29, 0.717) is 0 Å². The molecule has 0 unspecified atom stereocenters. The Morgan fingerprint density at radius 1 is 1.41 bits per heavy atom. The van der Waals surface area contributed by atoms with Crippen LogP contribution in [0.15, 0.2) is 23.1 Å². The first-order valence-electron chi connectivity index (χ1n) is 4.54. The quantitative estimate of drug-likeness (QED) is 0.524. The summed E-state index contributed by atoms with van der Waals surface area (Å²) in [6.45, 7) is 0. The number of hydrogen-bond donors (Lipinski definition) is 1. The van der Waals surface area contributed by atoms with Crippen LogP contribution in [0.25, 0.3) is 0 Å². The van der Waals surface area contributed by atoms with E-state index in [1.165, 1.54) is 18.2 Å². The van der Waals surface area contributed by atoms with E-state index >= 15 is 0 Å². The van der Waals surface area contributed by atoms with Crippen LogP contribution in [-0.4, -0.2) is 17.2 Å². The van der Waals surface area contributed by atoms with Gasteiger partial charge in [-0.2, -0.15) is 13.2 Å². The molecule has 0 saturated carbocycles. The van der Waals surface area contributed by atoms with Gasteiger partial charge < -0.3 is 5.73 Å². The summed E-state index contributed by atoms with van der Waals surface area (Å²) in [5, 5.41) is 0. The Morgan fingerprint density at radius 3 is 2.59 bits per heavy atom. The summed E-state index contributed by atoms with van der Waals surface area (Å²) in [7, 11) is 0. The van der Waals surface area contributed by atoms with Crippen molar-refractivity contribution < 1.29 is 18.0 Å². The normalized spacial score (nSPS) is 11.5. The van der Waals surface area contributed by atoms with Gasteiger partial charge in [-0.25, -0.2) is 0 Å². The van der Waals surface area contributed by atoms with Gasteiger partial charge in [0.2, 0.25) is 0 Å². The number of anilines is 1. The van der Waals surface area contributed by atoms with Crippen molar-refractivity contribution in [3.8, 4) is 0 Å². The van der Waals surface area contributed by atoms with E-state index in [9.17, 15) is 18.0 Å². The minimum Gasteiger partial charge on any atom is -0.398 e. The number of rotatable bonds is 4. The number of carbonyl (C=O) groups excluding carboxylic acids is 1. The molecule has 0 saturated heterocycles. The Morgan fingerprint density at radius 2 is 2.06 bits per heavy atom. The highest BCUT2D eigenvalue weighted by atomic mass is 35.5. The molecule has 0 aliphatic heterocycles. The molecule has 0 bridgehead atoms. The molecule has 7 heteroatoms. The zero-order chi connectivity index (χ0) is 13.1. The fourth-order valence-corrected chi connectivity index (χ4v) is 2.04. The number of nitrogens with two attached hydrogens (primary N) is 1. The summed E-state index contributed by atoms with van der Waals surface area (Å²) in [6.07, 6.45) is -0.186. The maximum absolute atomic E-state index is 12.3. The lowest BCUT2D eigenvalue weighted by molar-refractivity contribution is -0.116. The van der Waals surface area contributed by atoms with E-state index < -0.39 is 5.51 Å². The maximum atomic E-state index is 12.3. The molecule has 0 aliphatic rings. The number of thioether (sulfide) groups is 1. The second kappa shape index (κ2) is 5.64. The van der Waals surface area contributed by atoms with Crippen LogP contribution in [0.4, 0.5) is 18.9 Å². The van der Waals surface area contributed by atoms with E-state index in [4.69, 9.17) is 17.3 Å². The highest BCUT2D eigenvalue weighted by Crippen LogP contribution is 2.40. The molecule has 0 spiro atoms. The molecule has 0 fully saturated rings.